The van der Waals surface area contributed by atoms with Crippen molar-refractivity contribution in [2.75, 3.05) is 17.2 Å². The lowest BCUT2D eigenvalue weighted by molar-refractivity contribution is 0.632. The third-order valence-electron chi connectivity index (χ3n) is 2.83. The lowest BCUT2D eigenvalue weighted by Crippen LogP contribution is -2.05. The number of halogens is 2. The Bertz CT molecular complexity index is 787. The van der Waals surface area contributed by atoms with Crippen molar-refractivity contribution in [1.29, 1.82) is 0 Å². The molecule has 0 fully saturated rings. The molecule has 0 atom stereocenters. The number of anilines is 3. The van der Waals surface area contributed by atoms with Crippen LogP contribution in [0.25, 0.3) is 11.0 Å². The van der Waals surface area contributed by atoms with E-state index in [9.17, 15) is 4.39 Å². The summed E-state index contributed by atoms with van der Waals surface area (Å²) in [5.74, 6) is 0.444. The maximum atomic E-state index is 13.9. The van der Waals surface area contributed by atoms with E-state index in [2.05, 4.69) is 30.8 Å². The van der Waals surface area contributed by atoms with Crippen LogP contribution in [0, 0.1) is 5.82 Å². The van der Waals surface area contributed by atoms with Crippen LogP contribution in [0.2, 0.25) is 5.02 Å². The van der Waals surface area contributed by atoms with E-state index in [-0.39, 0.29) is 5.69 Å². The molecule has 108 valence electrons. The Hall–Kier alpha value is -2.41. The summed E-state index contributed by atoms with van der Waals surface area (Å²) < 4.78 is 13.9. The standard InChI is InChI=1S/C13H12ClFN6/c1-2-16-13-19-11(8-6-17-21-12(8)20-13)18-10-4-3-7(14)5-9(10)15/h3-6H,2H2,1H3,(H3,16,17,18,19,20,21). The average molecular weight is 307 g/mol. The molecule has 0 saturated heterocycles. The molecule has 6 nitrogen and oxygen atoms in total. The van der Waals surface area contributed by atoms with Crippen LogP contribution in [0.1, 0.15) is 6.92 Å². The Labute approximate surface area is 124 Å². The normalized spacial score (nSPS) is 10.8. The Kier molecular flexibility index (Phi) is 3.57. The van der Waals surface area contributed by atoms with Crippen molar-refractivity contribution in [3.05, 3.63) is 35.2 Å². The Morgan fingerprint density at radius 3 is 2.95 bits per heavy atom. The topological polar surface area (TPSA) is 78.5 Å². The van der Waals surface area contributed by atoms with Crippen LogP contribution in [0.15, 0.2) is 24.4 Å². The molecule has 0 aliphatic rings. The molecular formula is C13H12ClFN6. The fourth-order valence-corrected chi connectivity index (χ4v) is 2.04. The molecule has 0 unspecified atom stereocenters. The minimum Gasteiger partial charge on any atom is -0.354 e. The molecule has 0 radical (unpaired) electrons. The number of fused-ring (bicyclic) bond motifs is 1. The SMILES string of the molecule is CCNc1nc(Nc2ccc(Cl)cc2F)c2cn[nH]c2n1. The van der Waals surface area contributed by atoms with Gasteiger partial charge >= 0.3 is 0 Å². The summed E-state index contributed by atoms with van der Waals surface area (Å²) in [4.78, 5) is 8.60. The predicted octanol–water partition coefficient (Wildman–Crippen LogP) is 3.32. The molecule has 2 aromatic heterocycles. The van der Waals surface area contributed by atoms with E-state index >= 15 is 0 Å². The summed E-state index contributed by atoms with van der Waals surface area (Å²) in [6.07, 6.45) is 1.58. The first-order valence-corrected chi connectivity index (χ1v) is 6.72. The largest absolute Gasteiger partial charge is 0.354 e. The molecule has 0 aliphatic carbocycles. The minimum absolute atomic E-state index is 0.281. The molecule has 0 bridgehead atoms. The van der Waals surface area contributed by atoms with Gasteiger partial charge in [0.25, 0.3) is 0 Å². The summed E-state index contributed by atoms with van der Waals surface area (Å²) in [5, 5.41) is 13.7. The van der Waals surface area contributed by atoms with Gasteiger partial charge in [0, 0.05) is 11.6 Å². The van der Waals surface area contributed by atoms with Gasteiger partial charge in [-0.25, -0.2) is 4.39 Å². The van der Waals surface area contributed by atoms with E-state index < -0.39 is 5.82 Å². The highest BCUT2D eigenvalue weighted by Gasteiger charge is 2.11. The van der Waals surface area contributed by atoms with Gasteiger partial charge in [0.2, 0.25) is 5.95 Å². The summed E-state index contributed by atoms with van der Waals surface area (Å²) in [6, 6.07) is 4.40. The van der Waals surface area contributed by atoms with Gasteiger partial charge in [-0.2, -0.15) is 15.1 Å². The highest BCUT2D eigenvalue weighted by Crippen LogP contribution is 2.26. The minimum atomic E-state index is -0.456. The van der Waals surface area contributed by atoms with Gasteiger partial charge < -0.3 is 10.6 Å². The van der Waals surface area contributed by atoms with Crippen molar-refractivity contribution in [3.8, 4) is 0 Å². The van der Waals surface area contributed by atoms with E-state index in [1.54, 1.807) is 18.3 Å². The second-order valence-electron chi connectivity index (χ2n) is 4.31. The second-order valence-corrected chi connectivity index (χ2v) is 4.74. The number of benzene rings is 1. The van der Waals surface area contributed by atoms with E-state index in [0.29, 0.717) is 34.4 Å². The van der Waals surface area contributed by atoms with Crippen molar-refractivity contribution in [3.63, 3.8) is 0 Å². The van der Waals surface area contributed by atoms with Crippen molar-refractivity contribution in [2.45, 2.75) is 6.92 Å². The highest BCUT2D eigenvalue weighted by molar-refractivity contribution is 6.30. The monoisotopic (exact) mass is 306 g/mol. The molecule has 0 spiro atoms. The summed E-state index contributed by atoms with van der Waals surface area (Å²) in [7, 11) is 0. The van der Waals surface area contributed by atoms with Crippen molar-refractivity contribution in [1.82, 2.24) is 20.2 Å². The number of nitrogens with zero attached hydrogens (tertiary/aromatic N) is 3. The second kappa shape index (κ2) is 5.53. The first-order valence-electron chi connectivity index (χ1n) is 6.34. The average Bonchev–Trinajstić information content (AvgIpc) is 2.91. The number of hydrogen-bond acceptors (Lipinski definition) is 5. The van der Waals surface area contributed by atoms with Crippen LogP contribution in [0.3, 0.4) is 0 Å². The molecule has 8 heteroatoms. The zero-order chi connectivity index (χ0) is 14.8. The smallest absolute Gasteiger partial charge is 0.226 e. The molecule has 3 rings (SSSR count). The van der Waals surface area contributed by atoms with Crippen LogP contribution in [-0.4, -0.2) is 26.7 Å². The molecular weight excluding hydrogens is 295 g/mol. The molecule has 0 aliphatic heterocycles. The first kappa shape index (κ1) is 13.6. The number of aromatic nitrogens is 4. The van der Waals surface area contributed by atoms with E-state index in [4.69, 9.17) is 11.6 Å². The van der Waals surface area contributed by atoms with Crippen LogP contribution < -0.4 is 10.6 Å². The number of rotatable bonds is 4. The van der Waals surface area contributed by atoms with E-state index in [0.717, 1.165) is 0 Å². The molecule has 3 N–H and O–H groups in total. The predicted molar refractivity (Wildman–Crippen MR) is 80.5 cm³/mol. The maximum Gasteiger partial charge on any atom is 0.226 e. The van der Waals surface area contributed by atoms with Crippen molar-refractivity contribution < 1.29 is 4.39 Å². The van der Waals surface area contributed by atoms with Gasteiger partial charge in [-0.3, -0.25) is 5.10 Å². The maximum absolute atomic E-state index is 13.9. The summed E-state index contributed by atoms with van der Waals surface area (Å²) in [5.41, 5.74) is 0.848. The number of hydrogen-bond donors (Lipinski definition) is 3. The number of H-pyrrole nitrogens is 1. The van der Waals surface area contributed by atoms with Crippen molar-refractivity contribution in [2.24, 2.45) is 0 Å². The van der Waals surface area contributed by atoms with E-state index in [1.165, 1.54) is 6.07 Å². The zero-order valence-electron chi connectivity index (χ0n) is 11.1. The first-order chi connectivity index (χ1) is 10.2. The Morgan fingerprint density at radius 2 is 2.19 bits per heavy atom. The zero-order valence-corrected chi connectivity index (χ0v) is 11.9. The Morgan fingerprint density at radius 1 is 1.33 bits per heavy atom. The molecule has 0 amide bonds. The van der Waals surface area contributed by atoms with Crippen LogP contribution in [-0.2, 0) is 0 Å². The lowest BCUT2D eigenvalue weighted by Gasteiger charge is -2.09. The summed E-state index contributed by atoms with van der Waals surface area (Å²) >= 11 is 5.75. The quantitative estimate of drug-likeness (QED) is 0.689. The van der Waals surface area contributed by atoms with Crippen LogP contribution >= 0.6 is 11.6 Å². The molecule has 3 aromatic rings. The van der Waals surface area contributed by atoms with Gasteiger partial charge in [0.05, 0.1) is 17.3 Å². The molecule has 2 heterocycles. The van der Waals surface area contributed by atoms with Gasteiger partial charge in [-0.15, -0.1) is 0 Å². The number of nitrogens with one attached hydrogen (secondary N) is 3. The molecule has 0 saturated carbocycles. The van der Waals surface area contributed by atoms with Crippen molar-refractivity contribution >= 4 is 40.1 Å². The molecule has 1 aromatic carbocycles. The lowest BCUT2D eigenvalue weighted by atomic mass is 10.3. The van der Waals surface area contributed by atoms with Gasteiger partial charge in [-0.1, -0.05) is 11.6 Å². The van der Waals surface area contributed by atoms with Gasteiger partial charge in [-0.05, 0) is 25.1 Å². The number of aromatic amines is 1. The van der Waals surface area contributed by atoms with Gasteiger partial charge in [0.15, 0.2) is 5.65 Å². The third kappa shape index (κ3) is 2.73. The van der Waals surface area contributed by atoms with E-state index in [1.807, 2.05) is 6.92 Å². The third-order valence-corrected chi connectivity index (χ3v) is 3.06. The van der Waals surface area contributed by atoms with Gasteiger partial charge in [0.1, 0.15) is 11.6 Å². The fraction of sp³-hybridized carbons (Fsp3) is 0.154. The van der Waals surface area contributed by atoms with Crippen LogP contribution in [0.4, 0.5) is 21.8 Å². The molecule has 21 heavy (non-hydrogen) atoms. The van der Waals surface area contributed by atoms with Crippen LogP contribution in [0.5, 0.6) is 0 Å². The fourth-order valence-electron chi connectivity index (χ4n) is 1.89. The Balaban J connectivity index is 2.04. The summed E-state index contributed by atoms with van der Waals surface area (Å²) in [6.45, 7) is 2.61. The highest BCUT2D eigenvalue weighted by atomic mass is 35.5.